The summed E-state index contributed by atoms with van der Waals surface area (Å²) in [5, 5.41) is 0. The van der Waals surface area contributed by atoms with Crippen molar-refractivity contribution in [2.75, 3.05) is 26.4 Å². The molecule has 27 heavy (non-hydrogen) atoms. The van der Waals surface area contributed by atoms with Gasteiger partial charge in [-0.25, -0.2) is 0 Å². The second-order valence-corrected chi connectivity index (χ2v) is 6.12. The van der Waals surface area contributed by atoms with Crippen LogP contribution >= 0.6 is 0 Å². The molecule has 0 N–H and O–H groups in total. The van der Waals surface area contributed by atoms with Crippen LogP contribution in [-0.2, 0) is 38.1 Å². The van der Waals surface area contributed by atoms with Crippen LogP contribution in [0.1, 0.15) is 48.0 Å². The Balaban J connectivity index is 5.99. The fourth-order valence-electron chi connectivity index (χ4n) is 2.33. The average Bonchev–Trinajstić information content (AvgIpc) is 2.61. The third-order valence-electron chi connectivity index (χ3n) is 4.09. The molecule has 8 heteroatoms. The van der Waals surface area contributed by atoms with Gasteiger partial charge >= 0.3 is 23.9 Å². The van der Waals surface area contributed by atoms with Gasteiger partial charge in [0.25, 0.3) is 0 Å². The highest BCUT2D eigenvalue weighted by atomic mass is 16.6. The SMILES string of the molecule is C=C(CC(C)(C(=O)OCC)C(=O)OCC)C(C)(C(=O)OCC)C(=O)OCC. The van der Waals surface area contributed by atoms with Gasteiger partial charge in [-0.3, -0.25) is 19.2 Å². The number of rotatable bonds is 11. The van der Waals surface area contributed by atoms with Crippen LogP contribution in [0.5, 0.6) is 0 Å². The third-order valence-corrected chi connectivity index (χ3v) is 4.09. The third kappa shape index (κ3) is 5.55. The fraction of sp³-hybridized carbons (Fsp3) is 0.684. The number of carbonyl (C=O) groups is 4. The average molecular weight is 386 g/mol. The maximum atomic E-state index is 12.5. The first-order valence-corrected chi connectivity index (χ1v) is 8.93. The van der Waals surface area contributed by atoms with Gasteiger partial charge in [0.15, 0.2) is 10.8 Å². The monoisotopic (exact) mass is 386 g/mol. The van der Waals surface area contributed by atoms with Crippen LogP contribution in [0.25, 0.3) is 0 Å². The molecule has 0 radical (unpaired) electrons. The summed E-state index contributed by atoms with van der Waals surface area (Å²) >= 11 is 0. The molecule has 0 aliphatic carbocycles. The molecule has 0 saturated carbocycles. The lowest BCUT2D eigenvalue weighted by molar-refractivity contribution is -0.174. The molecule has 0 heterocycles. The van der Waals surface area contributed by atoms with E-state index in [0.717, 1.165) is 0 Å². The predicted molar refractivity (Wildman–Crippen MR) is 96.5 cm³/mol. The first-order chi connectivity index (χ1) is 12.6. The number of esters is 4. The molecule has 154 valence electrons. The number of ether oxygens (including phenoxy) is 4. The van der Waals surface area contributed by atoms with Gasteiger partial charge in [0.2, 0.25) is 0 Å². The van der Waals surface area contributed by atoms with Crippen LogP contribution < -0.4 is 0 Å². The Kier molecular flexibility index (Phi) is 9.75. The van der Waals surface area contributed by atoms with Crippen LogP contribution in [0, 0.1) is 10.8 Å². The first kappa shape index (κ1) is 24.6. The van der Waals surface area contributed by atoms with Crippen molar-refractivity contribution in [1.29, 1.82) is 0 Å². The van der Waals surface area contributed by atoms with E-state index >= 15 is 0 Å². The van der Waals surface area contributed by atoms with E-state index < -0.39 is 34.7 Å². The molecule has 0 aliphatic heterocycles. The zero-order chi connectivity index (χ0) is 21.3. The predicted octanol–water partition coefficient (Wildman–Crippen LogP) is 2.20. The number of hydrogen-bond donors (Lipinski definition) is 0. The van der Waals surface area contributed by atoms with Crippen LogP contribution in [0.15, 0.2) is 12.2 Å². The zero-order valence-corrected chi connectivity index (χ0v) is 17.0. The molecule has 0 amide bonds. The van der Waals surface area contributed by atoms with Crippen LogP contribution in [0.4, 0.5) is 0 Å². The van der Waals surface area contributed by atoms with Crippen LogP contribution in [-0.4, -0.2) is 50.3 Å². The summed E-state index contributed by atoms with van der Waals surface area (Å²) in [6.45, 7) is 12.9. The van der Waals surface area contributed by atoms with Gasteiger partial charge in [-0.1, -0.05) is 6.58 Å². The topological polar surface area (TPSA) is 105 Å². The molecular weight excluding hydrogens is 356 g/mol. The Morgan fingerprint density at radius 1 is 0.667 bits per heavy atom. The maximum absolute atomic E-state index is 12.5. The standard InChI is InChI=1S/C19H30O8/c1-8-24-14(20)18(6,15(21)25-9-2)12-13(5)19(7,16(22)26-10-3)17(23)27-11-4/h5,8-12H2,1-4,6-7H3. The summed E-state index contributed by atoms with van der Waals surface area (Å²) in [4.78, 5) is 49.8. The molecule has 0 aromatic carbocycles. The lowest BCUT2D eigenvalue weighted by Crippen LogP contribution is -2.45. The summed E-state index contributed by atoms with van der Waals surface area (Å²) in [7, 11) is 0. The minimum atomic E-state index is -1.88. The van der Waals surface area contributed by atoms with E-state index in [-0.39, 0.29) is 38.4 Å². The molecule has 0 aromatic rings. The van der Waals surface area contributed by atoms with Gasteiger partial charge in [-0.2, -0.15) is 0 Å². The zero-order valence-electron chi connectivity index (χ0n) is 17.0. The lowest BCUT2D eigenvalue weighted by Gasteiger charge is -2.32. The summed E-state index contributed by atoms with van der Waals surface area (Å²) in [6.07, 6.45) is -0.348. The van der Waals surface area contributed by atoms with E-state index in [4.69, 9.17) is 18.9 Å². The second kappa shape index (κ2) is 10.7. The Labute approximate surface area is 160 Å². The fourth-order valence-corrected chi connectivity index (χ4v) is 2.33. The van der Waals surface area contributed by atoms with E-state index in [9.17, 15) is 19.2 Å². The van der Waals surface area contributed by atoms with Gasteiger partial charge in [-0.05, 0) is 53.5 Å². The molecule has 0 aliphatic rings. The van der Waals surface area contributed by atoms with Gasteiger partial charge in [0.05, 0.1) is 26.4 Å². The highest BCUT2D eigenvalue weighted by molar-refractivity contribution is 6.04. The first-order valence-electron chi connectivity index (χ1n) is 8.93. The molecule has 0 saturated heterocycles. The minimum Gasteiger partial charge on any atom is -0.465 e. The molecular formula is C19H30O8. The smallest absolute Gasteiger partial charge is 0.327 e. The van der Waals surface area contributed by atoms with Crippen molar-refractivity contribution in [3.05, 3.63) is 12.2 Å². The second-order valence-electron chi connectivity index (χ2n) is 6.12. The van der Waals surface area contributed by atoms with Crippen molar-refractivity contribution in [2.45, 2.75) is 48.0 Å². The van der Waals surface area contributed by atoms with Crippen LogP contribution in [0.3, 0.4) is 0 Å². The Morgan fingerprint density at radius 3 is 1.26 bits per heavy atom. The van der Waals surface area contributed by atoms with E-state index in [2.05, 4.69) is 6.58 Å². The van der Waals surface area contributed by atoms with E-state index in [1.54, 1.807) is 27.7 Å². The van der Waals surface area contributed by atoms with Crippen molar-refractivity contribution in [3.63, 3.8) is 0 Å². The van der Waals surface area contributed by atoms with E-state index in [1.807, 2.05) is 0 Å². The molecule has 0 unspecified atom stereocenters. The Bertz CT molecular complexity index is 542. The summed E-state index contributed by atoms with van der Waals surface area (Å²) in [5.41, 5.74) is -3.67. The largest absolute Gasteiger partial charge is 0.465 e. The van der Waals surface area contributed by atoms with Gasteiger partial charge in [0, 0.05) is 0 Å². The molecule has 0 rings (SSSR count). The van der Waals surface area contributed by atoms with Gasteiger partial charge < -0.3 is 18.9 Å². The lowest BCUT2D eigenvalue weighted by atomic mass is 9.73. The molecule has 0 aromatic heterocycles. The summed E-state index contributed by atoms with van der Waals surface area (Å²) in [6, 6.07) is 0. The highest BCUT2D eigenvalue weighted by Gasteiger charge is 2.52. The van der Waals surface area contributed by atoms with Gasteiger partial charge in [-0.15, -0.1) is 0 Å². The Hall–Kier alpha value is -2.38. The van der Waals surface area contributed by atoms with Crippen molar-refractivity contribution in [2.24, 2.45) is 10.8 Å². The minimum absolute atomic E-state index is 0.0111. The van der Waals surface area contributed by atoms with E-state index in [1.165, 1.54) is 13.8 Å². The Morgan fingerprint density at radius 2 is 0.963 bits per heavy atom. The summed E-state index contributed by atoms with van der Waals surface area (Å²) < 4.78 is 20.0. The normalized spacial score (nSPS) is 11.3. The van der Waals surface area contributed by atoms with Crippen LogP contribution in [0.2, 0.25) is 0 Å². The molecule has 0 fully saturated rings. The van der Waals surface area contributed by atoms with Gasteiger partial charge in [0.1, 0.15) is 0 Å². The quantitative estimate of drug-likeness (QED) is 0.230. The van der Waals surface area contributed by atoms with Crippen molar-refractivity contribution in [3.8, 4) is 0 Å². The molecule has 0 bridgehead atoms. The maximum Gasteiger partial charge on any atom is 0.327 e. The molecule has 8 nitrogen and oxygen atoms in total. The van der Waals surface area contributed by atoms with Crippen molar-refractivity contribution < 1.29 is 38.1 Å². The van der Waals surface area contributed by atoms with E-state index in [0.29, 0.717) is 0 Å². The number of carbonyl (C=O) groups excluding carboxylic acids is 4. The molecule has 0 spiro atoms. The van der Waals surface area contributed by atoms with Crippen molar-refractivity contribution >= 4 is 23.9 Å². The molecule has 0 atom stereocenters. The number of hydrogen-bond acceptors (Lipinski definition) is 8. The summed E-state index contributed by atoms with van der Waals surface area (Å²) in [5.74, 6) is -3.41. The van der Waals surface area contributed by atoms with Crippen molar-refractivity contribution in [1.82, 2.24) is 0 Å². The highest BCUT2D eigenvalue weighted by Crippen LogP contribution is 2.39.